The van der Waals surface area contributed by atoms with Crippen LogP contribution in [0.4, 0.5) is 0 Å². The average molecular weight is 410 g/mol. The number of hydrogen-bond donors (Lipinski definition) is 2. The Bertz CT molecular complexity index is 985. The fraction of sp³-hybridized carbons (Fsp3) is 0.273. The smallest absolute Gasteiger partial charge is 0.251 e. The average Bonchev–Trinajstić information content (AvgIpc) is 3.27. The maximum Gasteiger partial charge on any atom is 0.251 e. The molecule has 150 valence electrons. The van der Waals surface area contributed by atoms with E-state index in [1.807, 2.05) is 48.5 Å². The minimum absolute atomic E-state index is 0.0424. The van der Waals surface area contributed by atoms with Crippen LogP contribution in [-0.2, 0) is 0 Å². The molecule has 1 amide bonds. The van der Waals surface area contributed by atoms with Crippen molar-refractivity contribution in [2.45, 2.75) is 6.42 Å². The molecule has 0 radical (unpaired) electrons. The molecule has 2 aromatic carbocycles. The predicted molar refractivity (Wildman–Crippen MR) is 116 cm³/mol. The van der Waals surface area contributed by atoms with E-state index in [1.54, 1.807) is 11.8 Å². The molecule has 0 unspecified atom stereocenters. The van der Waals surface area contributed by atoms with Gasteiger partial charge in [-0.25, -0.2) is 0 Å². The molecule has 4 rings (SSSR count). The molecule has 7 heteroatoms. The third kappa shape index (κ3) is 4.56. The van der Waals surface area contributed by atoms with Crippen LogP contribution in [0.15, 0.2) is 48.5 Å². The number of amides is 1. The first-order chi connectivity index (χ1) is 14.2. The number of aromatic amines is 1. The Labute approximate surface area is 174 Å². The second kappa shape index (κ2) is 9.05. The van der Waals surface area contributed by atoms with E-state index in [1.165, 1.54) is 0 Å². The van der Waals surface area contributed by atoms with Crippen LogP contribution < -0.4 is 14.8 Å². The molecule has 0 spiro atoms. The molecular weight excluding hydrogens is 386 g/mol. The van der Waals surface area contributed by atoms with Gasteiger partial charge in [0.25, 0.3) is 5.91 Å². The van der Waals surface area contributed by atoms with Crippen LogP contribution in [0.1, 0.15) is 16.8 Å². The number of nitrogens with one attached hydrogen (secondary N) is 2. The third-order valence-corrected chi connectivity index (χ3v) is 5.38. The highest BCUT2D eigenvalue weighted by Crippen LogP contribution is 2.34. The van der Waals surface area contributed by atoms with Gasteiger partial charge in [-0.1, -0.05) is 12.1 Å². The van der Waals surface area contributed by atoms with Crippen LogP contribution in [0.5, 0.6) is 11.5 Å². The fourth-order valence-electron chi connectivity index (χ4n) is 3.14. The molecule has 3 aromatic rings. The summed E-state index contributed by atoms with van der Waals surface area (Å²) in [5, 5.41) is 10.4. The molecule has 0 saturated carbocycles. The van der Waals surface area contributed by atoms with Gasteiger partial charge < -0.3 is 14.8 Å². The molecule has 0 saturated heterocycles. The molecule has 0 atom stereocenters. The van der Waals surface area contributed by atoms with Crippen molar-refractivity contribution in [1.82, 2.24) is 15.5 Å². The molecule has 29 heavy (non-hydrogen) atoms. The second-order valence-electron chi connectivity index (χ2n) is 6.70. The summed E-state index contributed by atoms with van der Waals surface area (Å²) >= 11 is 1.78. The summed E-state index contributed by atoms with van der Waals surface area (Å²) in [6.45, 7) is 1.82. The fourth-order valence-corrected chi connectivity index (χ4v) is 3.57. The van der Waals surface area contributed by atoms with Crippen LogP contribution in [0.2, 0.25) is 0 Å². The Balaban J connectivity index is 1.45. The van der Waals surface area contributed by atoms with E-state index < -0.39 is 0 Å². The lowest BCUT2D eigenvalue weighted by molar-refractivity contribution is 0.0954. The molecule has 1 aromatic heterocycles. The number of nitrogens with zero attached hydrogens (tertiary/aromatic N) is 1. The van der Waals surface area contributed by atoms with Gasteiger partial charge in [0.2, 0.25) is 0 Å². The summed E-state index contributed by atoms with van der Waals surface area (Å²) in [6.07, 6.45) is 3.04. The lowest BCUT2D eigenvalue weighted by atomic mass is 10.1. The first-order valence-electron chi connectivity index (χ1n) is 9.57. The van der Waals surface area contributed by atoms with Crippen molar-refractivity contribution < 1.29 is 14.3 Å². The highest BCUT2D eigenvalue weighted by atomic mass is 32.2. The highest BCUT2D eigenvalue weighted by Gasteiger charge is 2.14. The van der Waals surface area contributed by atoms with E-state index in [-0.39, 0.29) is 5.91 Å². The van der Waals surface area contributed by atoms with Crippen LogP contribution in [0, 0.1) is 0 Å². The summed E-state index contributed by atoms with van der Waals surface area (Å²) in [6, 6.07) is 15.3. The van der Waals surface area contributed by atoms with E-state index >= 15 is 0 Å². The second-order valence-corrected chi connectivity index (χ2v) is 7.69. The summed E-state index contributed by atoms with van der Waals surface area (Å²) in [5.74, 6) is 2.51. The zero-order valence-corrected chi connectivity index (χ0v) is 17.1. The quantitative estimate of drug-likeness (QED) is 0.577. The van der Waals surface area contributed by atoms with Crippen molar-refractivity contribution in [3.05, 3.63) is 54.1 Å². The Morgan fingerprint density at radius 2 is 1.83 bits per heavy atom. The minimum atomic E-state index is -0.0424. The molecule has 2 heterocycles. The normalized spacial score (nSPS) is 12.6. The van der Waals surface area contributed by atoms with Gasteiger partial charge in [-0.05, 0) is 60.4 Å². The standard InChI is InChI=1S/C22H23N3O3S/c1-29-12-2-9-23-22(26)16-5-3-15(4-6-16)18-14-19(25-24-18)17-7-8-20-21(13-17)28-11-10-27-20/h3-8,13-14H,2,9-12H2,1H3,(H,23,26)(H,24,25). The largest absolute Gasteiger partial charge is 0.486 e. The van der Waals surface area contributed by atoms with Crippen LogP contribution >= 0.6 is 11.8 Å². The van der Waals surface area contributed by atoms with E-state index in [9.17, 15) is 4.79 Å². The maximum atomic E-state index is 12.2. The molecule has 6 nitrogen and oxygen atoms in total. The van der Waals surface area contributed by atoms with Crippen LogP contribution in [-0.4, -0.2) is 47.9 Å². The van der Waals surface area contributed by atoms with Crippen molar-refractivity contribution in [3.8, 4) is 34.0 Å². The van der Waals surface area contributed by atoms with E-state index in [2.05, 4.69) is 21.8 Å². The Morgan fingerprint density at radius 1 is 1.07 bits per heavy atom. The molecular formula is C22H23N3O3S. The zero-order chi connectivity index (χ0) is 20.1. The first kappa shape index (κ1) is 19.4. The third-order valence-electron chi connectivity index (χ3n) is 4.68. The zero-order valence-electron chi connectivity index (χ0n) is 16.2. The number of ether oxygens (including phenoxy) is 2. The van der Waals surface area contributed by atoms with Gasteiger partial charge in [-0.2, -0.15) is 16.9 Å². The molecule has 0 aliphatic carbocycles. The summed E-state index contributed by atoms with van der Waals surface area (Å²) in [4.78, 5) is 12.2. The summed E-state index contributed by atoms with van der Waals surface area (Å²) < 4.78 is 11.2. The number of benzene rings is 2. The number of aromatic nitrogens is 2. The predicted octanol–water partition coefficient (Wildman–Crippen LogP) is 4.00. The Kier molecular flexibility index (Phi) is 6.05. The van der Waals surface area contributed by atoms with Crippen molar-refractivity contribution in [2.24, 2.45) is 0 Å². The van der Waals surface area contributed by atoms with Gasteiger partial charge in [0.05, 0.1) is 11.4 Å². The SMILES string of the molecule is CSCCCNC(=O)c1ccc(-c2cc(-c3ccc4c(c3)OCCO4)n[nH]2)cc1. The number of H-pyrrole nitrogens is 1. The number of rotatable bonds is 7. The number of hydrogen-bond acceptors (Lipinski definition) is 5. The van der Waals surface area contributed by atoms with Gasteiger partial charge in [-0.3, -0.25) is 9.89 Å². The van der Waals surface area contributed by atoms with E-state index in [0.717, 1.165) is 46.2 Å². The van der Waals surface area contributed by atoms with Gasteiger partial charge in [-0.15, -0.1) is 0 Å². The van der Waals surface area contributed by atoms with E-state index in [4.69, 9.17) is 9.47 Å². The topological polar surface area (TPSA) is 76.2 Å². The maximum absolute atomic E-state index is 12.2. The highest BCUT2D eigenvalue weighted by molar-refractivity contribution is 7.98. The van der Waals surface area contributed by atoms with Crippen molar-refractivity contribution in [2.75, 3.05) is 31.8 Å². The Morgan fingerprint density at radius 3 is 2.62 bits per heavy atom. The molecule has 2 N–H and O–H groups in total. The van der Waals surface area contributed by atoms with Gasteiger partial charge in [0.15, 0.2) is 11.5 Å². The lowest BCUT2D eigenvalue weighted by Crippen LogP contribution is -2.24. The Hall–Kier alpha value is -2.93. The molecule has 1 aliphatic heterocycles. The number of carbonyl (C=O) groups is 1. The number of carbonyl (C=O) groups excluding carboxylic acids is 1. The first-order valence-corrected chi connectivity index (χ1v) is 11.0. The summed E-state index contributed by atoms with van der Waals surface area (Å²) in [7, 11) is 0. The van der Waals surface area contributed by atoms with Crippen LogP contribution in [0.25, 0.3) is 22.5 Å². The summed E-state index contributed by atoms with van der Waals surface area (Å²) in [5.41, 5.74) is 4.30. The monoisotopic (exact) mass is 409 g/mol. The van der Waals surface area contributed by atoms with Crippen molar-refractivity contribution in [3.63, 3.8) is 0 Å². The van der Waals surface area contributed by atoms with Gasteiger partial charge in [0.1, 0.15) is 13.2 Å². The molecule has 1 aliphatic rings. The van der Waals surface area contributed by atoms with Crippen LogP contribution in [0.3, 0.4) is 0 Å². The van der Waals surface area contributed by atoms with Gasteiger partial charge >= 0.3 is 0 Å². The van der Waals surface area contributed by atoms with Gasteiger partial charge in [0, 0.05) is 17.7 Å². The van der Waals surface area contributed by atoms with Crippen molar-refractivity contribution >= 4 is 17.7 Å². The number of thioether (sulfide) groups is 1. The van der Waals surface area contributed by atoms with Crippen molar-refractivity contribution in [1.29, 1.82) is 0 Å². The minimum Gasteiger partial charge on any atom is -0.486 e. The van der Waals surface area contributed by atoms with E-state index in [0.29, 0.717) is 25.3 Å². The molecule has 0 bridgehead atoms. The lowest BCUT2D eigenvalue weighted by Gasteiger charge is -2.18. The molecule has 0 fully saturated rings. The number of fused-ring (bicyclic) bond motifs is 1.